The normalized spacial score (nSPS) is 22.4. The minimum atomic E-state index is -0.402. The lowest BCUT2D eigenvalue weighted by atomic mass is 9.94. The van der Waals surface area contributed by atoms with E-state index in [1.54, 1.807) is 12.1 Å². The Morgan fingerprint density at radius 2 is 1.90 bits per heavy atom. The van der Waals surface area contributed by atoms with Gasteiger partial charge in [0.15, 0.2) is 0 Å². The monoisotopic (exact) mass is 279 g/mol. The second-order valence-corrected chi connectivity index (χ2v) is 5.14. The van der Waals surface area contributed by atoms with Gasteiger partial charge in [-0.25, -0.2) is 0 Å². The van der Waals surface area contributed by atoms with E-state index in [0.29, 0.717) is 25.3 Å². The molecule has 0 spiro atoms. The number of nitro benzene ring substituents is 1. The maximum atomic E-state index is 10.5. The zero-order valence-corrected chi connectivity index (χ0v) is 11.5. The van der Waals surface area contributed by atoms with Crippen LogP contribution in [0.1, 0.15) is 25.7 Å². The Morgan fingerprint density at radius 1 is 1.25 bits per heavy atom. The molecule has 2 rings (SSSR count). The number of nitrogens with zero attached hydrogens (tertiary/aromatic N) is 1. The van der Waals surface area contributed by atoms with Crippen molar-refractivity contribution in [2.24, 2.45) is 5.73 Å². The van der Waals surface area contributed by atoms with Crippen LogP contribution in [0.15, 0.2) is 24.3 Å². The molecule has 1 aromatic carbocycles. The summed E-state index contributed by atoms with van der Waals surface area (Å²) < 4.78 is 5.79. The molecule has 1 aliphatic carbocycles. The Bertz CT molecular complexity index is 428. The van der Waals surface area contributed by atoms with Crippen LogP contribution in [-0.4, -0.2) is 30.2 Å². The number of nitrogens with two attached hydrogens (primary N) is 1. The summed E-state index contributed by atoms with van der Waals surface area (Å²) in [7, 11) is 0. The number of anilines is 1. The van der Waals surface area contributed by atoms with E-state index in [1.807, 2.05) is 0 Å². The van der Waals surface area contributed by atoms with E-state index in [4.69, 9.17) is 10.5 Å². The average Bonchev–Trinajstić information content (AvgIpc) is 2.46. The Balaban J connectivity index is 1.64. The van der Waals surface area contributed by atoms with Crippen molar-refractivity contribution in [3.63, 3.8) is 0 Å². The van der Waals surface area contributed by atoms with Crippen molar-refractivity contribution in [1.29, 1.82) is 0 Å². The highest BCUT2D eigenvalue weighted by Crippen LogP contribution is 2.19. The van der Waals surface area contributed by atoms with Crippen LogP contribution < -0.4 is 11.1 Å². The molecule has 0 heterocycles. The van der Waals surface area contributed by atoms with Crippen molar-refractivity contribution in [2.75, 3.05) is 18.5 Å². The highest BCUT2D eigenvalue weighted by atomic mass is 16.6. The third-order valence-electron chi connectivity index (χ3n) is 3.58. The summed E-state index contributed by atoms with van der Waals surface area (Å²) in [5.74, 6) is 0. The first-order valence-corrected chi connectivity index (χ1v) is 7.00. The van der Waals surface area contributed by atoms with Crippen molar-refractivity contribution in [1.82, 2.24) is 0 Å². The Labute approximate surface area is 118 Å². The maximum absolute atomic E-state index is 10.5. The summed E-state index contributed by atoms with van der Waals surface area (Å²) in [5, 5.41) is 13.7. The number of hydrogen-bond donors (Lipinski definition) is 2. The van der Waals surface area contributed by atoms with E-state index in [1.165, 1.54) is 12.1 Å². The van der Waals surface area contributed by atoms with Gasteiger partial charge in [0.2, 0.25) is 0 Å². The highest BCUT2D eigenvalue weighted by molar-refractivity contribution is 5.48. The molecule has 0 atom stereocenters. The predicted molar refractivity (Wildman–Crippen MR) is 77.8 cm³/mol. The van der Waals surface area contributed by atoms with Gasteiger partial charge in [-0.05, 0) is 37.8 Å². The molecule has 110 valence electrons. The zero-order valence-electron chi connectivity index (χ0n) is 11.5. The number of benzene rings is 1. The number of ether oxygens (including phenoxy) is 1. The molecule has 0 unspecified atom stereocenters. The van der Waals surface area contributed by atoms with Crippen LogP contribution in [0, 0.1) is 10.1 Å². The van der Waals surface area contributed by atoms with Crippen molar-refractivity contribution < 1.29 is 9.66 Å². The van der Waals surface area contributed by atoms with E-state index in [-0.39, 0.29) is 5.69 Å². The van der Waals surface area contributed by atoms with Crippen molar-refractivity contribution in [3.8, 4) is 0 Å². The zero-order chi connectivity index (χ0) is 14.4. The smallest absolute Gasteiger partial charge is 0.269 e. The van der Waals surface area contributed by atoms with Crippen molar-refractivity contribution in [2.45, 2.75) is 37.8 Å². The summed E-state index contributed by atoms with van der Waals surface area (Å²) >= 11 is 0. The number of hydrogen-bond acceptors (Lipinski definition) is 5. The molecule has 0 bridgehead atoms. The minimum Gasteiger partial charge on any atom is -0.383 e. The summed E-state index contributed by atoms with van der Waals surface area (Å²) in [6.07, 6.45) is 4.49. The van der Waals surface area contributed by atoms with E-state index < -0.39 is 4.92 Å². The Kier molecular flexibility index (Phi) is 5.31. The molecule has 1 aromatic rings. The van der Waals surface area contributed by atoms with Gasteiger partial charge in [-0.1, -0.05) is 0 Å². The lowest BCUT2D eigenvalue weighted by Crippen LogP contribution is -2.31. The van der Waals surface area contributed by atoms with Crippen LogP contribution in [0.2, 0.25) is 0 Å². The Hall–Kier alpha value is -1.66. The third kappa shape index (κ3) is 4.47. The molecule has 0 saturated heterocycles. The SMILES string of the molecule is NC1CCC(OCCNc2ccc([N+](=O)[O-])cc2)CC1. The van der Waals surface area contributed by atoms with Crippen LogP contribution in [0.25, 0.3) is 0 Å². The molecule has 20 heavy (non-hydrogen) atoms. The molecule has 0 aromatic heterocycles. The topological polar surface area (TPSA) is 90.4 Å². The first-order chi connectivity index (χ1) is 9.65. The molecular formula is C14H21N3O3. The average molecular weight is 279 g/mol. The molecule has 0 radical (unpaired) electrons. The lowest BCUT2D eigenvalue weighted by Gasteiger charge is -2.26. The van der Waals surface area contributed by atoms with Crippen molar-refractivity contribution in [3.05, 3.63) is 34.4 Å². The lowest BCUT2D eigenvalue weighted by molar-refractivity contribution is -0.384. The second kappa shape index (κ2) is 7.21. The van der Waals surface area contributed by atoms with Gasteiger partial charge in [-0.15, -0.1) is 0 Å². The number of non-ortho nitro benzene ring substituents is 1. The first-order valence-electron chi connectivity index (χ1n) is 7.00. The third-order valence-corrected chi connectivity index (χ3v) is 3.58. The van der Waals surface area contributed by atoms with Crippen LogP contribution >= 0.6 is 0 Å². The van der Waals surface area contributed by atoms with Crippen LogP contribution in [-0.2, 0) is 4.74 Å². The summed E-state index contributed by atoms with van der Waals surface area (Å²) in [6, 6.07) is 6.74. The van der Waals surface area contributed by atoms with Crippen LogP contribution in [0.3, 0.4) is 0 Å². The van der Waals surface area contributed by atoms with Gasteiger partial charge in [0.05, 0.1) is 17.6 Å². The van der Waals surface area contributed by atoms with Crippen molar-refractivity contribution >= 4 is 11.4 Å². The van der Waals surface area contributed by atoms with Gasteiger partial charge >= 0.3 is 0 Å². The van der Waals surface area contributed by atoms with Crippen LogP contribution in [0.5, 0.6) is 0 Å². The van der Waals surface area contributed by atoms with E-state index in [2.05, 4.69) is 5.32 Å². The molecule has 6 heteroatoms. The molecular weight excluding hydrogens is 258 g/mol. The molecule has 1 saturated carbocycles. The molecule has 6 nitrogen and oxygen atoms in total. The number of nitro groups is 1. The minimum absolute atomic E-state index is 0.102. The van der Waals surface area contributed by atoms with Gasteiger partial charge in [0.1, 0.15) is 0 Å². The number of nitrogens with one attached hydrogen (secondary N) is 1. The number of rotatable bonds is 6. The van der Waals surface area contributed by atoms with E-state index >= 15 is 0 Å². The summed E-state index contributed by atoms with van der Waals surface area (Å²) in [4.78, 5) is 10.1. The van der Waals surface area contributed by atoms with Gasteiger partial charge in [-0.2, -0.15) is 0 Å². The fraction of sp³-hybridized carbons (Fsp3) is 0.571. The molecule has 0 aliphatic heterocycles. The first kappa shape index (κ1) is 14.7. The largest absolute Gasteiger partial charge is 0.383 e. The van der Waals surface area contributed by atoms with Gasteiger partial charge in [0.25, 0.3) is 5.69 Å². The second-order valence-electron chi connectivity index (χ2n) is 5.14. The van der Waals surface area contributed by atoms with Gasteiger partial charge < -0.3 is 15.8 Å². The van der Waals surface area contributed by atoms with E-state index in [9.17, 15) is 10.1 Å². The fourth-order valence-electron chi connectivity index (χ4n) is 2.38. The van der Waals surface area contributed by atoms with E-state index in [0.717, 1.165) is 31.4 Å². The molecule has 1 aliphatic rings. The predicted octanol–water partition coefficient (Wildman–Crippen LogP) is 2.29. The maximum Gasteiger partial charge on any atom is 0.269 e. The fourth-order valence-corrected chi connectivity index (χ4v) is 2.38. The Morgan fingerprint density at radius 3 is 2.50 bits per heavy atom. The summed E-state index contributed by atoms with van der Waals surface area (Å²) in [5.41, 5.74) is 6.81. The van der Waals surface area contributed by atoms with Gasteiger partial charge in [0, 0.05) is 30.4 Å². The standard InChI is InChI=1S/C14H21N3O3/c15-11-1-7-14(8-2-11)20-10-9-16-12-3-5-13(6-4-12)17(18)19/h3-6,11,14,16H,1-2,7-10,15H2. The molecule has 1 fully saturated rings. The highest BCUT2D eigenvalue weighted by Gasteiger charge is 2.18. The molecule has 3 N–H and O–H groups in total. The summed E-state index contributed by atoms with van der Waals surface area (Å²) in [6.45, 7) is 1.33. The quantitative estimate of drug-likeness (QED) is 0.473. The molecule has 0 amide bonds. The van der Waals surface area contributed by atoms with Gasteiger partial charge in [-0.3, -0.25) is 10.1 Å². The van der Waals surface area contributed by atoms with Crippen LogP contribution in [0.4, 0.5) is 11.4 Å².